The summed E-state index contributed by atoms with van der Waals surface area (Å²) in [6.07, 6.45) is 5.13. The van der Waals surface area contributed by atoms with Gasteiger partial charge < -0.3 is 10.2 Å². The van der Waals surface area contributed by atoms with Gasteiger partial charge in [-0.15, -0.1) is 0 Å². The molecule has 6 heteroatoms. The van der Waals surface area contributed by atoms with Gasteiger partial charge >= 0.3 is 0 Å². The van der Waals surface area contributed by atoms with Crippen molar-refractivity contribution in [1.29, 1.82) is 0 Å². The lowest BCUT2D eigenvalue weighted by Crippen LogP contribution is -2.33. The number of allylic oxidation sites excluding steroid dienone is 2. The summed E-state index contributed by atoms with van der Waals surface area (Å²) in [5.74, 6) is -1.21. The minimum absolute atomic E-state index is 0.108. The average molecular weight is 315 g/mol. The summed E-state index contributed by atoms with van der Waals surface area (Å²) in [5.41, 5.74) is 1.90. The van der Waals surface area contributed by atoms with Crippen molar-refractivity contribution in [2.75, 3.05) is 33.1 Å². The van der Waals surface area contributed by atoms with Gasteiger partial charge in [-0.2, -0.15) is 0 Å². The van der Waals surface area contributed by atoms with Crippen LogP contribution in [0.2, 0.25) is 0 Å². The van der Waals surface area contributed by atoms with E-state index in [0.29, 0.717) is 6.41 Å². The summed E-state index contributed by atoms with van der Waals surface area (Å²) in [6.45, 7) is 0. The second-order valence-corrected chi connectivity index (χ2v) is 5.03. The van der Waals surface area contributed by atoms with Crippen LogP contribution < -0.4 is 10.2 Å². The third-order valence-electron chi connectivity index (χ3n) is 3.14. The van der Waals surface area contributed by atoms with Gasteiger partial charge in [-0.3, -0.25) is 19.3 Å². The Kier molecular flexibility index (Phi) is 6.73. The van der Waals surface area contributed by atoms with Crippen molar-refractivity contribution < 1.29 is 14.4 Å². The molecule has 6 nitrogen and oxygen atoms in total. The normalized spacial score (nSPS) is 11.2. The fourth-order valence-corrected chi connectivity index (χ4v) is 1.76. The van der Waals surface area contributed by atoms with E-state index in [0.717, 1.165) is 16.2 Å². The Morgan fingerprint density at radius 3 is 2.17 bits per heavy atom. The van der Waals surface area contributed by atoms with Crippen molar-refractivity contribution in [2.45, 2.75) is 0 Å². The van der Waals surface area contributed by atoms with E-state index in [2.05, 4.69) is 5.32 Å². The molecule has 0 aromatic heterocycles. The molecule has 122 valence electrons. The Morgan fingerprint density at radius 2 is 1.70 bits per heavy atom. The summed E-state index contributed by atoms with van der Waals surface area (Å²) in [6, 6.07) is 7.79. The maximum absolute atomic E-state index is 12.0. The lowest BCUT2D eigenvalue weighted by atomic mass is 10.1. The zero-order valence-corrected chi connectivity index (χ0v) is 13.7. The van der Waals surface area contributed by atoms with Gasteiger partial charge in [0, 0.05) is 33.9 Å². The fourth-order valence-electron chi connectivity index (χ4n) is 1.76. The van der Waals surface area contributed by atoms with E-state index in [9.17, 15) is 14.4 Å². The van der Waals surface area contributed by atoms with Crippen molar-refractivity contribution in [3.8, 4) is 0 Å². The second-order valence-electron chi connectivity index (χ2n) is 5.03. The molecule has 0 heterocycles. The number of anilines is 1. The summed E-state index contributed by atoms with van der Waals surface area (Å²) < 4.78 is 0. The Labute approximate surface area is 136 Å². The van der Waals surface area contributed by atoms with Crippen LogP contribution in [0, 0.1) is 0 Å². The van der Waals surface area contributed by atoms with Gasteiger partial charge in [-0.25, -0.2) is 0 Å². The number of carbonyl (C=O) groups excluding carboxylic acids is 3. The van der Waals surface area contributed by atoms with E-state index in [1.165, 1.54) is 20.2 Å². The number of benzene rings is 1. The van der Waals surface area contributed by atoms with Crippen LogP contribution in [-0.2, 0) is 14.4 Å². The van der Waals surface area contributed by atoms with Gasteiger partial charge in [0.05, 0.1) is 0 Å². The number of imide groups is 1. The number of hydrogen-bond acceptors (Lipinski definition) is 4. The molecular weight excluding hydrogens is 294 g/mol. The first-order valence-electron chi connectivity index (χ1n) is 7.01. The quantitative estimate of drug-likeness (QED) is 0.280. The molecule has 0 radical (unpaired) electrons. The Hall–Kier alpha value is -2.89. The predicted molar refractivity (Wildman–Crippen MR) is 90.8 cm³/mol. The van der Waals surface area contributed by atoms with Crippen LogP contribution in [0.1, 0.15) is 5.56 Å². The molecule has 0 bridgehead atoms. The standard InChI is InChI=1S/C17H21N3O3/c1-18-16(22)15(17(23)20(4)12-21)7-5-6-13-8-10-14(11-9-13)19(2)3/h5-12H,1-4H3,(H,18,22)/b6-5+,15-7+. The van der Waals surface area contributed by atoms with E-state index < -0.39 is 11.8 Å². The average Bonchev–Trinajstić information content (AvgIpc) is 2.57. The number of nitrogens with zero attached hydrogens (tertiary/aromatic N) is 2. The molecular formula is C17H21N3O3. The molecule has 0 saturated heterocycles. The number of amides is 3. The SMILES string of the molecule is CNC(=O)/C(=C\C=C\c1ccc(N(C)C)cc1)C(=O)N(C)C=O. The van der Waals surface area contributed by atoms with Crippen LogP contribution >= 0.6 is 0 Å². The summed E-state index contributed by atoms with van der Waals surface area (Å²) in [4.78, 5) is 37.2. The molecule has 1 aromatic rings. The van der Waals surface area contributed by atoms with E-state index in [1.54, 1.807) is 12.2 Å². The van der Waals surface area contributed by atoms with Crippen LogP contribution in [-0.4, -0.2) is 51.3 Å². The molecule has 1 N–H and O–H groups in total. The molecule has 0 aliphatic carbocycles. The van der Waals surface area contributed by atoms with E-state index in [-0.39, 0.29) is 5.57 Å². The van der Waals surface area contributed by atoms with Gasteiger partial charge in [-0.05, 0) is 23.8 Å². The fraction of sp³-hybridized carbons (Fsp3) is 0.235. The smallest absolute Gasteiger partial charge is 0.265 e. The summed E-state index contributed by atoms with van der Waals surface area (Å²) in [5, 5.41) is 2.38. The third kappa shape index (κ3) is 5.10. The van der Waals surface area contributed by atoms with Gasteiger partial charge in [0.15, 0.2) is 0 Å². The molecule has 1 aromatic carbocycles. The molecule has 0 spiro atoms. The van der Waals surface area contributed by atoms with E-state index >= 15 is 0 Å². The zero-order valence-electron chi connectivity index (χ0n) is 13.7. The summed E-state index contributed by atoms with van der Waals surface area (Å²) in [7, 11) is 6.64. The molecule has 23 heavy (non-hydrogen) atoms. The van der Waals surface area contributed by atoms with Crippen LogP contribution in [0.15, 0.2) is 42.0 Å². The largest absolute Gasteiger partial charge is 0.378 e. The highest BCUT2D eigenvalue weighted by molar-refractivity contribution is 6.20. The monoisotopic (exact) mass is 315 g/mol. The number of hydrogen-bond donors (Lipinski definition) is 1. The Bertz CT molecular complexity index is 631. The zero-order chi connectivity index (χ0) is 17.4. The van der Waals surface area contributed by atoms with E-state index in [1.807, 2.05) is 43.3 Å². The van der Waals surface area contributed by atoms with Crippen molar-refractivity contribution in [3.63, 3.8) is 0 Å². The lowest BCUT2D eigenvalue weighted by molar-refractivity contribution is -0.134. The highest BCUT2D eigenvalue weighted by Gasteiger charge is 2.19. The van der Waals surface area contributed by atoms with E-state index in [4.69, 9.17) is 0 Å². The number of nitrogens with one attached hydrogen (secondary N) is 1. The first-order chi connectivity index (χ1) is 10.9. The maximum Gasteiger partial charge on any atom is 0.265 e. The van der Waals surface area contributed by atoms with Gasteiger partial charge in [0.2, 0.25) is 6.41 Å². The van der Waals surface area contributed by atoms with Crippen LogP contribution in [0.3, 0.4) is 0 Å². The number of rotatable bonds is 6. The van der Waals surface area contributed by atoms with Gasteiger partial charge in [0.25, 0.3) is 11.8 Å². The number of likely N-dealkylation sites (N-methyl/N-ethyl adjacent to an activating group) is 2. The minimum atomic E-state index is -0.660. The molecule has 0 saturated carbocycles. The highest BCUT2D eigenvalue weighted by Crippen LogP contribution is 2.13. The summed E-state index contributed by atoms with van der Waals surface area (Å²) >= 11 is 0. The first kappa shape index (κ1) is 18.2. The topological polar surface area (TPSA) is 69.7 Å². The lowest BCUT2D eigenvalue weighted by Gasteiger charge is -2.11. The highest BCUT2D eigenvalue weighted by atomic mass is 16.2. The predicted octanol–water partition coefficient (Wildman–Crippen LogP) is 1.05. The molecule has 0 atom stereocenters. The second kappa shape index (κ2) is 8.53. The van der Waals surface area contributed by atoms with Crippen molar-refractivity contribution in [1.82, 2.24) is 10.2 Å². The Balaban J connectivity index is 2.97. The van der Waals surface area contributed by atoms with Crippen LogP contribution in [0.25, 0.3) is 6.08 Å². The van der Waals surface area contributed by atoms with Crippen molar-refractivity contribution in [3.05, 3.63) is 47.6 Å². The molecule has 0 unspecified atom stereocenters. The first-order valence-corrected chi connectivity index (χ1v) is 7.01. The van der Waals surface area contributed by atoms with Crippen molar-refractivity contribution >= 4 is 30.0 Å². The molecule has 0 fully saturated rings. The third-order valence-corrected chi connectivity index (χ3v) is 3.14. The van der Waals surface area contributed by atoms with Crippen molar-refractivity contribution in [2.24, 2.45) is 0 Å². The van der Waals surface area contributed by atoms with Crippen LogP contribution in [0.4, 0.5) is 5.69 Å². The number of carbonyl (C=O) groups is 3. The van der Waals surface area contributed by atoms with Crippen LogP contribution in [0.5, 0.6) is 0 Å². The maximum atomic E-state index is 12.0. The Morgan fingerprint density at radius 1 is 1.09 bits per heavy atom. The molecule has 3 amide bonds. The van der Waals surface area contributed by atoms with Gasteiger partial charge in [-0.1, -0.05) is 24.3 Å². The molecule has 1 rings (SSSR count). The molecule has 0 aliphatic rings. The molecule has 0 aliphatic heterocycles. The van der Waals surface area contributed by atoms with Gasteiger partial charge in [0.1, 0.15) is 5.57 Å². The minimum Gasteiger partial charge on any atom is -0.378 e.